The van der Waals surface area contributed by atoms with Gasteiger partial charge in [0.15, 0.2) is 0 Å². The molecular formula is C11H16O3. The van der Waals surface area contributed by atoms with Gasteiger partial charge >= 0.3 is 5.97 Å². The van der Waals surface area contributed by atoms with E-state index in [9.17, 15) is 4.79 Å². The molecule has 1 saturated heterocycles. The highest BCUT2D eigenvalue weighted by Gasteiger charge is 2.32. The molecule has 1 atom stereocenters. The Labute approximate surface area is 84.1 Å². The lowest BCUT2D eigenvalue weighted by Crippen LogP contribution is -2.16. The summed E-state index contributed by atoms with van der Waals surface area (Å²) < 4.78 is 10.5. The Morgan fingerprint density at radius 1 is 1.57 bits per heavy atom. The number of carbonyl (C=O) groups excluding carboxylic acids is 1. The number of esters is 1. The molecule has 2 aliphatic rings. The molecule has 1 aliphatic carbocycles. The number of fused-ring (bicyclic) bond motifs is 1. The summed E-state index contributed by atoms with van der Waals surface area (Å²) in [5, 5.41) is 0. The van der Waals surface area contributed by atoms with Gasteiger partial charge < -0.3 is 9.47 Å². The van der Waals surface area contributed by atoms with Crippen molar-refractivity contribution in [2.45, 2.75) is 32.6 Å². The molecule has 2 rings (SSSR count). The molecular weight excluding hydrogens is 180 g/mol. The Morgan fingerprint density at radius 3 is 3.21 bits per heavy atom. The molecule has 0 N–H and O–H groups in total. The molecule has 78 valence electrons. The van der Waals surface area contributed by atoms with E-state index in [1.165, 1.54) is 0 Å². The fourth-order valence-corrected chi connectivity index (χ4v) is 2.24. The topological polar surface area (TPSA) is 35.5 Å². The summed E-state index contributed by atoms with van der Waals surface area (Å²) in [7, 11) is 0. The van der Waals surface area contributed by atoms with Gasteiger partial charge in [0.05, 0.1) is 18.8 Å². The molecule has 0 bridgehead atoms. The lowest BCUT2D eigenvalue weighted by Gasteiger charge is -2.20. The maximum atomic E-state index is 11.6. The van der Waals surface area contributed by atoms with Crippen LogP contribution in [0.15, 0.2) is 11.3 Å². The van der Waals surface area contributed by atoms with Crippen LogP contribution >= 0.6 is 0 Å². The minimum Gasteiger partial charge on any atom is -0.497 e. The van der Waals surface area contributed by atoms with Crippen LogP contribution in [0.1, 0.15) is 32.6 Å². The molecule has 0 spiro atoms. The summed E-state index contributed by atoms with van der Waals surface area (Å²) in [4.78, 5) is 11.6. The zero-order valence-corrected chi connectivity index (χ0v) is 8.54. The van der Waals surface area contributed by atoms with Gasteiger partial charge in [-0.05, 0) is 32.6 Å². The van der Waals surface area contributed by atoms with Gasteiger partial charge in [0.2, 0.25) is 0 Å². The molecule has 3 heteroatoms. The predicted molar refractivity (Wildman–Crippen MR) is 51.6 cm³/mol. The van der Waals surface area contributed by atoms with Crippen molar-refractivity contribution in [1.82, 2.24) is 0 Å². The number of carbonyl (C=O) groups is 1. The van der Waals surface area contributed by atoms with Crippen LogP contribution in [0.25, 0.3) is 0 Å². The smallest absolute Gasteiger partial charge is 0.337 e. The molecule has 3 nitrogen and oxygen atoms in total. The van der Waals surface area contributed by atoms with Crippen LogP contribution in [0.4, 0.5) is 0 Å². The van der Waals surface area contributed by atoms with Crippen LogP contribution in [-0.4, -0.2) is 19.2 Å². The van der Waals surface area contributed by atoms with Crippen molar-refractivity contribution >= 4 is 5.97 Å². The van der Waals surface area contributed by atoms with E-state index >= 15 is 0 Å². The predicted octanol–water partition coefficient (Wildman–Crippen LogP) is 2.02. The van der Waals surface area contributed by atoms with E-state index in [-0.39, 0.29) is 5.97 Å². The van der Waals surface area contributed by atoms with Crippen molar-refractivity contribution in [3.63, 3.8) is 0 Å². The fourth-order valence-electron chi connectivity index (χ4n) is 2.24. The lowest BCUT2D eigenvalue weighted by atomic mass is 9.88. The molecule has 1 heterocycles. The molecule has 0 aromatic carbocycles. The summed E-state index contributed by atoms with van der Waals surface area (Å²) in [6.45, 7) is 3.04. The zero-order chi connectivity index (χ0) is 9.97. The summed E-state index contributed by atoms with van der Waals surface area (Å²) in [5.41, 5.74) is 0.792. The third-order valence-corrected chi connectivity index (χ3v) is 2.89. The van der Waals surface area contributed by atoms with Crippen LogP contribution in [0.2, 0.25) is 0 Å². The standard InChI is InChI=1S/C11H16O3/c1-2-13-11(12)9-5-3-4-8-6-7-14-10(8)9/h8H,2-7H2,1H3/t8-/m0/s1. The van der Waals surface area contributed by atoms with Crippen LogP contribution in [0, 0.1) is 5.92 Å². The van der Waals surface area contributed by atoms with E-state index < -0.39 is 0 Å². The summed E-state index contributed by atoms with van der Waals surface area (Å²) in [6.07, 6.45) is 4.15. The van der Waals surface area contributed by atoms with Crippen LogP contribution < -0.4 is 0 Å². The van der Waals surface area contributed by atoms with Gasteiger partial charge in [0, 0.05) is 5.92 Å². The van der Waals surface area contributed by atoms with E-state index in [2.05, 4.69) is 0 Å². The van der Waals surface area contributed by atoms with Gasteiger partial charge in [-0.25, -0.2) is 4.79 Å². The van der Waals surface area contributed by atoms with Gasteiger partial charge in [-0.1, -0.05) is 0 Å². The number of ether oxygens (including phenoxy) is 2. The number of hydrogen-bond donors (Lipinski definition) is 0. The first-order valence-electron chi connectivity index (χ1n) is 5.36. The molecule has 0 amide bonds. The van der Waals surface area contributed by atoms with Crippen LogP contribution in [0.3, 0.4) is 0 Å². The van der Waals surface area contributed by atoms with Crippen LogP contribution in [0.5, 0.6) is 0 Å². The first-order chi connectivity index (χ1) is 6.83. The third-order valence-electron chi connectivity index (χ3n) is 2.89. The van der Waals surface area contributed by atoms with E-state index in [4.69, 9.17) is 9.47 Å². The van der Waals surface area contributed by atoms with Crippen molar-refractivity contribution in [2.75, 3.05) is 13.2 Å². The van der Waals surface area contributed by atoms with Crippen LogP contribution in [-0.2, 0) is 14.3 Å². The molecule has 1 aliphatic heterocycles. The maximum Gasteiger partial charge on any atom is 0.337 e. The minimum absolute atomic E-state index is 0.172. The molecule has 0 unspecified atom stereocenters. The molecule has 14 heavy (non-hydrogen) atoms. The van der Waals surface area contributed by atoms with Crippen molar-refractivity contribution in [3.8, 4) is 0 Å². The first kappa shape index (κ1) is 9.56. The van der Waals surface area contributed by atoms with E-state index in [0.717, 1.165) is 43.6 Å². The average molecular weight is 196 g/mol. The second-order valence-electron chi connectivity index (χ2n) is 3.79. The van der Waals surface area contributed by atoms with E-state index in [0.29, 0.717) is 12.5 Å². The second-order valence-corrected chi connectivity index (χ2v) is 3.79. The zero-order valence-electron chi connectivity index (χ0n) is 8.54. The Hall–Kier alpha value is -0.990. The Morgan fingerprint density at radius 2 is 2.43 bits per heavy atom. The van der Waals surface area contributed by atoms with Gasteiger partial charge in [0.25, 0.3) is 0 Å². The van der Waals surface area contributed by atoms with Crippen molar-refractivity contribution in [3.05, 3.63) is 11.3 Å². The number of rotatable bonds is 2. The number of allylic oxidation sites excluding steroid dienone is 1. The Balaban J connectivity index is 2.18. The largest absolute Gasteiger partial charge is 0.497 e. The number of hydrogen-bond acceptors (Lipinski definition) is 3. The highest BCUT2D eigenvalue weighted by molar-refractivity contribution is 5.89. The Kier molecular flexibility index (Phi) is 2.75. The average Bonchev–Trinajstić information content (AvgIpc) is 2.65. The van der Waals surface area contributed by atoms with Gasteiger partial charge in [-0.15, -0.1) is 0 Å². The molecule has 1 fully saturated rings. The van der Waals surface area contributed by atoms with E-state index in [1.54, 1.807) is 0 Å². The quantitative estimate of drug-likeness (QED) is 0.634. The van der Waals surface area contributed by atoms with Crippen molar-refractivity contribution < 1.29 is 14.3 Å². The highest BCUT2D eigenvalue weighted by Crippen LogP contribution is 2.37. The maximum absolute atomic E-state index is 11.6. The Bertz CT molecular complexity index is 268. The molecule has 0 aromatic rings. The molecule has 0 saturated carbocycles. The minimum atomic E-state index is -0.172. The normalized spacial score (nSPS) is 25.6. The van der Waals surface area contributed by atoms with Gasteiger partial charge in [-0.2, -0.15) is 0 Å². The first-order valence-corrected chi connectivity index (χ1v) is 5.36. The summed E-state index contributed by atoms with van der Waals surface area (Å²) in [6, 6.07) is 0. The SMILES string of the molecule is CCOC(=O)C1=C2OCC[C@@H]2CCC1. The second kappa shape index (κ2) is 4.03. The summed E-state index contributed by atoms with van der Waals surface area (Å²) >= 11 is 0. The van der Waals surface area contributed by atoms with Gasteiger partial charge in [0.1, 0.15) is 5.76 Å². The van der Waals surface area contributed by atoms with E-state index in [1.807, 2.05) is 6.92 Å². The molecule has 0 radical (unpaired) electrons. The highest BCUT2D eigenvalue weighted by atomic mass is 16.5. The van der Waals surface area contributed by atoms with Crippen molar-refractivity contribution in [1.29, 1.82) is 0 Å². The van der Waals surface area contributed by atoms with Crippen molar-refractivity contribution in [2.24, 2.45) is 5.92 Å². The lowest BCUT2D eigenvalue weighted by molar-refractivity contribution is -0.139. The monoisotopic (exact) mass is 196 g/mol. The van der Waals surface area contributed by atoms with Gasteiger partial charge in [-0.3, -0.25) is 0 Å². The summed E-state index contributed by atoms with van der Waals surface area (Å²) in [5.74, 6) is 1.24. The third kappa shape index (κ3) is 1.63. The molecule has 0 aromatic heterocycles. The fraction of sp³-hybridized carbons (Fsp3) is 0.727.